The van der Waals surface area contributed by atoms with E-state index in [2.05, 4.69) is 63.5 Å². The van der Waals surface area contributed by atoms with Gasteiger partial charge >= 0.3 is 0 Å². The van der Waals surface area contributed by atoms with Gasteiger partial charge in [0.05, 0.1) is 11.1 Å². The molecule has 203 valence electrons. The third-order valence-corrected chi connectivity index (χ3v) is 6.94. The summed E-state index contributed by atoms with van der Waals surface area (Å²) < 4.78 is 6.16. The molecule has 4 heterocycles. The van der Waals surface area contributed by atoms with Crippen molar-refractivity contribution in [2.45, 2.75) is 0 Å². The van der Waals surface area contributed by atoms with E-state index in [0.717, 1.165) is 66.5 Å². The summed E-state index contributed by atoms with van der Waals surface area (Å²) in [5.41, 5.74) is 8.65. The van der Waals surface area contributed by atoms with Crippen LogP contribution in [0.15, 0.2) is 144 Å². The topological polar surface area (TPSA) is 51.8 Å². The standard InChI is InChI=1S/C26H15N2O.C11H8N.Ir/c1-2-9-25-20(6-1)21-7-3-8-22(26(21)29-25)24-16-18(12-14-28-24)17-10-11-23-19(15-17)5-4-13-27-23;1-2-6-10(7-3-1)11-8-4-5-9-12-11;/h1-7,9-16H;1-6,8-9H;/q2*-1;. The van der Waals surface area contributed by atoms with Gasteiger partial charge in [0.1, 0.15) is 5.58 Å². The van der Waals surface area contributed by atoms with Gasteiger partial charge in [-0.1, -0.05) is 59.5 Å². The fraction of sp³-hybridized carbons (Fsp3) is 0. The van der Waals surface area contributed by atoms with Crippen LogP contribution in [0.3, 0.4) is 0 Å². The predicted octanol–water partition coefficient (Wildman–Crippen LogP) is 9.21. The molecule has 4 aromatic carbocycles. The van der Waals surface area contributed by atoms with Gasteiger partial charge in [-0.15, -0.1) is 54.1 Å². The monoisotopic (exact) mass is 718 g/mol. The molecule has 0 spiro atoms. The molecule has 4 aromatic heterocycles. The zero-order chi connectivity index (χ0) is 27.4. The molecular formula is C37H23IrN3O-2. The van der Waals surface area contributed by atoms with E-state index in [4.69, 9.17) is 4.42 Å². The number of aromatic nitrogens is 3. The molecule has 8 rings (SSSR count). The summed E-state index contributed by atoms with van der Waals surface area (Å²) in [6.07, 6.45) is 5.44. The van der Waals surface area contributed by atoms with Gasteiger partial charge in [0.15, 0.2) is 0 Å². The largest absolute Gasteiger partial charge is 0.501 e. The molecular weight excluding hydrogens is 695 g/mol. The summed E-state index contributed by atoms with van der Waals surface area (Å²) in [4.78, 5) is 13.2. The van der Waals surface area contributed by atoms with Gasteiger partial charge in [-0.05, 0) is 58.9 Å². The first-order valence-electron chi connectivity index (χ1n) is 13.4. The Balaban J connectivity index is 0.000000205. The number of pyridine rings is 3. The minimum absolute atomic E-state index is 0. The Bertz CT molecular complexity index is 2070. The molecule has 0 aliphatic rings. The summed E-state index contributed by atoms with van der Waals surface area (Å²) in [7, 11) is 0. The maximum atomic E-state index is 6.16. The van der Waals surface area contributed by atoms with Gasteiger partial charge < -0.3 is 14.4 Å². The molecule has 0 aliphatic heterocycles. The Morgan fingerprint density at radius 2 is 1.38 bits per heavy atom. The zero-order valence-electron chi connectivity index (χ0n) is 22.4. The molecule has 0 N–H and O–H groups in total. The van der Waals surface area contributed by atoms with E-state index in [-0.39, 0.29) is 20.1 Å². The third kappa shape index (κ3) is 5.48. The van der Waals surface area contributed by atoms with E-state index in [1.165, 1.54) is 0 Å². The van der Waals surface area contributed by atoms with Crippen molar-refractivity contribution in [2.75, 3.05) is 0 Å². The number of hydrogen-bond donors (Lipinski definition) is 0. The minimum Gasteiger partial charge on any atom is -0.501 e. The summed E-state index contributed by atoms with van der Waals surface area (Å²) in [5.74, 6) is 0. The predicted molar refractivity (Wildman–Crippen MR) is 165 cm³/mol. The van der Waals surface area contributed by atoms with Crippen molar-refractivity contribution in [3.05, 3.63) is 152 Å². The molecule has 42 heavy (non-hydrogen) atoms. The number of nitrogens with zero attached hydrogens (tertiary/aromatic N) is 3. The van der Waals surface area contributed by atoms with Gasteiger partial charge in [-0.2, -0.15) is 0 Å². The van der Waals surface area contributed by atoms with Crippen molar-refractivity contribution in [3.63, 3.8) is 0 Å². The van der Waals surface area contributed by atoms with E-state index in [1.807, 2.05) is 97.3 Å². The maximum absolute atomic E-state index is 6.16. The minimum atomic E-state index is 0. The quantitative estimate of drug-likeness (QED) is 0.171. The van der Waals surface area contributed by atoms with Crippen LogP contribution in [0.2, 0.25) is 0 Å². The van der Waals surface area contributed by atoms with E-state index >= 15 is 0 Å². The Kier molecular flexibility index (Phi) is 7.96. The van der Waals surface area contributed by atoms with Crippen LogP contribution in [-0.4, -0.2) is 15.0 Å². The van der Waals surface area contributed by atoms with Crippen LogP contribution < -0.4 is 0 Å². The Hall–Kier alpha value is -4.96. The van der Waals surface area contributed by atoms with Crippen LogP contribution >= 0.6 is 0 Å². The molecule has 5 heteroatoms. The van der Waals surface area contributed by atoms with Crippen molar-refractivity contribution >= 4 is 32.8 Å². The fourth-order valence-corrected chi connectivity index (χ4v) is 4.96. The number of rotatable bonds is 3. The molecule has 0 saturated heterocycles. The molecule has 1 radical (unpaired) electrons. The average molecular weight is 718 g/mol. The molecule has 8 aromatic rings. The zero-order valence-corrected chi connectivity index (χ0v) is 24.8. The van der Waals surface area contributed by atoms with Crippen LogP contribution in [-0.2, 0) is 20.1 Å². The summed E-state index contributed by atoms with van der Waals surface area (Å²) in [6.45, 7) is 0. The van der Waals surface area contributed by atoms with Crippen molar-refractivity contribution in [3.8, 4) is 33.6 Å². The van der Waals surface area contributed by atoms with Crippen LogP contribution in [0.5, 0.6) is 0 Å². The van der Waals surface area contributed by atoms with Crippen LogP contribution in [0.1, 0.15) is 0 Å². The SMILES string of the molecule is [Ir].[c-]1ccc2c(oc3ccccc32)c1-c1cc(-c2ccc3ncccc3c2)ccn1.[c-]1ccccc1-c1ccccn1. The molecule has 4 nitrogen and oxygen atoms in total. The van der Waals surface area contributed by atoms with Crippen LogP contribution in [0.4, 0.5) is 0 Å². The average Bonchev–Trinajstić information content (AvgIpc) is 3.45. The van der Waals surface area contributed by atoms with Crippen molar-refractivity contribution < 1.29 is 24.5 Å². The van der Waals surface area contributed by atoms with Crippen LogP contribution in [0.25, 0.3) is 66.5 Å². The van der Waals surface area contributed by atoms with Gasteiger partial charge in [-0.25, -0.2) is 0 Å². The fourth-order valence-electron chi connectivity index (χ4n) is 4.96. The van der Waals surface area contributed by atoms with Crippen molar-refractivity contribution in [1.82, 2.24) is 15.0 Å². The Labute approximate surface area is 257 Å². The number of furan rings is 1. The second-order valence-corrected chi connectivity index (χ2v) is 9.53. The van der Waals surface area contributed by atoms with Gasteiger partial charge in [0, 0.05) is 49.5 Å². The number of benzene rings is 4. The molecule has 0 atom stereocenters. The van der Waals surface area contributed by atoms with Gasteiger partial charge in [0.25, 0.3) is 0 Å². The first-order chi connectivity index (χ1) is 20.3. The molecule has 0 fully saturated rings. The normalized spacial score (nSPS) is 10.7. The molecule has 0 saturated carbocycles. The first kappa shape index (κ1) is 27.2. The molecule has 0 amide bonds. The van der Waals surface area contributed by atoms with Crippen LogP contribution in [0, 0.1) is 12.1 Å². The number of para-hydroxylation sites is 1. The first-order valence-corrected chi connectivity index (χ1v) is 13.4. The Morgan fingerprint density at radius 3 is 2.26 bits per heavy atom. The van der Waals surface area contributed by atoms with E-state index in [1.54, 1.807) is 6.20 Å². The Morgan fingerprint density at radius 1 is 0.548 bits per heavy atom. The summed E-state index contributed by atoms with van der Waals surface area (Å²) >= 11 is 0. The van der Waals surface area contributed by atoms with E-state index < -0.39 is 0 Å². The van der Waals surface area contributed by atoms with Crippen molar-refractivity contribution in [2.24, 2.45) is 0 Å². The van der Waals surface area contributed by atoms with E-state index in [0.29, 0.717) is 0 Å². The smallest absolute Gasteiger partial charge is 0.120 e. The van der Waals surface area contributed by atoms with Crippen molar-refractivity contribution in [1.29, 1.82) is 0 Å². The second kappa shape index (κ2) is 12.3. The molecule has 0 bridgehead atoms. The van der Waals surface area contributed by atoms with Gasteiger partial charge in [0.2, 0.25) is 0 Å². The second-order valence-electron chi connectivity index (χ2n) is 9.53. The summed E-state index contributed by atoms with van der Waals surface area (Å²) in [6, 6.07) is 46.7. The number of hydrogen-bond acceptors (Lipinski definition) is 4. The van der Waals surface area contributed by atoms with E-state index in [9.17, 15) is 0 Å². The molecule has 0 aliphatic carbocycles. The van der Waals surface area contributed by atoms with Gasteiger partial charge in [-0.3, -0.25) is 4.98 Å². The molecule has 0 unspecified atom stereocenters. The number of fused-ring (bicyclic) bond motifs is 4. The third-order valence-electron chi connectivity index (χ3n) is 6.94. The summed E-state index contributed by atoms with van der Waals surface area (Å²) in [5, 5.41) is 3.31. The maximum Gasteiger partial charge on any atom is 0.120 e.